The first-order valence-electron chi connectivity index (χ1n) is 6.33. The van der Waals surface area contributed by atoms with Gasteiger partial charge in [0.05, 0.1) is 13.7 Å². The van der Waals surface area contributed by atoms with Crippen LogP contribution in [0.25, 0.3) is 0 Å². The zero-order valence-corrected chi connectivity index (χ0v) is 12.0. The van der Waals surface area contributed by atoms with Gasteiger partial charge in [0.2, 0.25) is 0 Å². The number of carbonyl (C=O) groups is 1. The molecule has 0 fully saturated rings. The lowest BCUT2D eigenvalue weighted by Gasteiger charge is -2.21. The van der Waals surface area contributed by atoms with Gasteiger partial charge in [0.1, 0.15) is 0 Å². The van der Waals surface area contributed by atoms with Gasteiger partial charge in [-0.1, -0.05) is 24.6 Å². The van der Waals surface area contributed by atoms with E-state index in [0.29, 0.717) is 6.54 Å². The Morgan fingerprint density at radius 2 is 1.78 bits per heavy atom. The molecule has 0 spiro atoms. The van der Waals surface area contributed by atoms with Gasteiger partial charge in [-0.3, -0.25) is 9.69 Å². The smallest absolute Gasteiger partial charge is 0.319 e. The second-order valence-electron chi connectivity index (χ2n) is 4.76. The van der Waals surface area contributed by atoms with Crippen LogP contribution in [-0.2, 0) is 16.1 Å². The van der Waals surface area contributed by atoms with Gasteiger partial charge in [-0.2, -0.15) is 0 Å². The number of rotatable bonds is 5. The van der Waals surface area contributed by atoms with E-state index < -0.39 is 0 Å². The fraction of sp³-hybridized carbons (Fsp3) is 0.533. The highest BCUT2D eigenvalue weighted by Crippen LogP contribution is 2.18. The quantitative estimate of drug-likeness (QED) is 0.751. The van der Waals surface area contributed by atoms with Crippen LogP contribution in [0.15, 0.2) is 12.1 Å². The first kappa shape index (κ1) is 14.7. The van der Waals surface area contributed by atoms with Gasteiger partial charge in [-0.25, -0.2) is 0 Å². The Bertz CT molecular complexity index is 403. The van der Waals surface area contributed by atoms with Crippen molar-refractivity contribution < 1.29 is 9.53 Å². The number of benzene rings is 1. The molecule has 0 saturated carbocycles. The number of likely N-dealkylation sites (N-methyl/N-ethyl adjacent to an activating group) is 1. The fourth-order valence-electron chi connectivity index (χ4n) is 2.21. The van der Waals surface area contributed by atoms with Crippen LogP contribution >= 0.6 is 0 Å². The van der Waals surface area contributed by atoms with Crippen molar-refractivity contribution in [2.75, 3.05) is 20.2 Å². The van der Waals surface area contributed by atoms with Crippen molar-refractivity contribution in [3.05, 3.63) is 34.4 Å². The standard InChI is InChI=1S/C15H23NO2/c1-6-16(10-15(17)18-5)9-14-12(3)7-11(2)8-13(14)4/h7-8H,6,9-10H2,1-5H3. The van der Waals surface area contributed by atoms with Crippen LogP contribution in [0.3, 0.4) is 0 Å². The summed E-state index contributed by atoms with van der Waals surface area (Å²) >= 11 is 0. The number of methoxy groups -OCH3 is 1. The Kier molecular flexibility index (Phi) is 5.35. The van der Waals surface area contributed by atoms with Gasteiger partial charge >= 0.3 is 5.97 Å². The number of esters is 1. The second kappa shape index (κ2) is 6.55. The van der Waals surface area contributed by atoms with Crippen molar-refractivity contribution >= 4 is 5.97 Å². The van der Waals surface area contributed by atoms with E-state index in [1.165, 1.54) is 29.4 Å². The molecule has 0 aliphatic rings. The second-order valence-corrected chi connectivity index (χ2v) is 4.76. The molecule has 0 unspecified atom stereocenters. The third kappa shape index (κ3) is 3.84. The molecule has 3 nitrogen and oxygen atoms in total. The van der Waals surface area contributed by atoms with Crippen LogP contribution in [-0.4, -0.2) is 31.1 Å². The van der Waals surface area contributed by atoms with Crippen molar-refractivity contribution in [1.29, 1.82) is 0 Å². The zero-order valence-electron chi connectivity index (χ0n) is 12.0. The Morgan fingerprint density at radius 1 is 1.22 bits per heavy atom. The average Bonchev–Trinajstić information content (AvgIpc) is 2.31. The van der Waals surface area contributed by atoms with E-state index in [9.17, 15) is 4.79 Å². The number of nitrogens with zero attached hydrogens (tertiary/aromatic N) is 1. The van der Waals surface area contributed by atoms with Crippen LogP contribution in [0.2, 0.25) is 0 Å². The Balaban J connectivity index is 2.85. The van der Waals surface area contributed by atoms with E-state index in [-0.39, 0.29) is 5.97 Å². The van der Waals surface area contributed by atoms with Crippen molar-refractivity contribution in [1.82, 2.24) is 4.90 Å². The van der Waals surface area contributed by atoms with Crippen molar-refractivity contribution in [2.24, 2.45) is 0 Å². The minimum absolute atomic E-state index is 0.181. The summed E-state index contributed by atoms with van der Waals surface area (Å²) in [5.41, 5.74) is 5.17. The lowest BCUT2D eigenvalue weighted by molar-refractivity contribution is -0.142. The van der Waals surface area contributed by atoms with Gasteiger partial charge in [0.15, 0.2) is 0 Å². The predicted octanol–water partition coefficient (Wildman–Crippen LogP) is 2.61. The molecular formula is C15H23NO2. The van der Waals surface area contributed by atoms with E-state index in [1.807, 2.05) is 0 Å². The van der Waals surface area contributed by atoms with Gasteiger partial charge in [-0.05, 0) is 44.0 Å². The molecule has 0 atom stereocenters. The molecule has 1 aromatic carbocycles. The van der Waals surface area contributed by atoms with E-state index in [1.54, 1.807) is 0 Å². The van der Waals surface area contributed by atoms with Gasteiger partial charge in [0, 0.05) is 6.54 Å². The molecule has 0 bridgehead atoms. The number of hydrogen-bond acceptors (Lipinski definition) is 3. The maximum Gasteiger partial charge on any atom is 0.319 e. The van der Waals surface area contributed by atoms with Crippen molar-refractivity contribution in [2.45, 2.75) is 34.2 Å². The summed E-state index contributed by atoms with van der Waals surface area (Å²) in [5, 5.41) is 0. The maximum absolute atomic E-state index is 11.3. The summed E-state index contributed by atoms with van der Waals surface area (Å²) in [7, 11) is 1.43. The first-order chi connectivity index (χ1) is 8.47. The molecule has 3 heteroatoms. The van der Waals surface area contributed by atoms with Gasteiger partial charge in [0.25, 0.3) is 0 Å². The Hall–Kier alpha value is -1.35. The third-order valence-electron chi connectivity index (χ3n) is 3.25. The average molecular weight is 249 g/mol. The number of carbonyl (C=O) groups excluding carboxylic acids is 1. The highest BCUT2D eigenvalue weighted by molar-refractivity contribution is 5.71. The van der Waals surface area contributed by atoms with Gasteiger partial charge < -0.3 is 4.74 Å². The lowest BCUT2D eigenvalue weighted by atomic mass is 9.99. The summed E-state index contributed by atoms with van der Waals surface area (Å²) in [4.78, 5) is 13.4. The van der Waals surface area contributed by atoms with E-state index in [2.05, 4.69) is 44.7 Å². The van der Waals surface area contributed by atoms with E-state index >= 15 is 0 Å². The molecule has 0 N–H and O–H groups in total. The molecule has 0 amide bonds. The van der Waals surface area contributed by atoms with Crippen LogP contribution < -0.4 is 0 Å². The molecule has 18 heavy (non-hydrogen) atoms. The highest BCUT2D eigenvalue weighted by atomic mass is 16.5. The predicted molar refractivity (Wildman–Crippen MR) is 73.6 cm³/mol. The molecule has 1 rings (SSSR count). The largest absolute Gasteiger partial charge is 0.468 e. The molecule has 1 aromatic rings. The number of hydrogen-bond donors (Lipinski definition) is 0. The van der Waals surface area contributed by atoms with Gasteiger partial charge in [-0.15, -0.1) is 0 Å². The van der Waals surface area contributed by atoms with Crippen molar-refractivity contribution in [3.8, 4) is 0 Å². The fourth-order valence-corrected chi connectivity index (χ4v) is 2.21. The van der Waals surface area contributed by atoms with Crippen LogP contribution in [0.4, 0.5) is 0 Å². The molecule has 0 aromatic heterocycles. The lowest BCUT2D eigenvalue weighted by Crippen LogP contribution is -2.30. The Labute approximate surface area is 110 Å². The summed E-state index contributed by atoms with van der Waals surface area (Å²) in [6.45, 7) is 10.4. The summed E-state index contributed by atoms with van der Waals surface area (Å²) in [6, 6.07) is 4.38. The van der Waals surface area contributed by atoms with E-state index in [0.717, 1.165) is 13.1 Å². The minimum Gasteiger partial charge on any atom is -0.468 e. The normalized spacial score (nSPS) is 10.8. The highest BCUT2D eigenvalue weighted by Gasteiger charge is 2.12. The minimum atomic E-state index is -0.181. The molecule has 100 valence electrons. The van der Waals surface area contributed by atoms with Crippen LogP contribution in [0.5, 0.6) is 0 Å². The van der Waals surface area contributed by atoms with Crippen molar-refractivity contribution in [3.63, 3.8) is 0 Å². The summed E-state index contributed by atoms with van der Waals surface area (Å²) in [6.07, 6.45) is 0. The van der Waals surface area contributed by atoms with Crippen LogP contribution in [0, 0.1) is 20.8 Å². The summed E-state index contributed by atoms with van der Waals surface area (Å²) in [5.74, 6) is -0.181. The first-order valence-corrected chi connectivity index (χ1v) is 6.33. The molecule has 0 heterocycles. The van der Waals surface area contributed by atoms with Crippen LogP contribution in [0.1, 0.15) is 29.2 Å². The monoisotopic (exact) mass is 249 g/mol. The third-order valence-corrected chi connectivity index (χ3v) is 3.25. The SMILES string of the molecule is CCN(CC(=O)OC)Cc1c(C)cc(C)cc1C. The van der Waals surface area contributed by atoms with E-state index in [4.69, 9.17) is 4.74 Å². The zero-order chi connectivity index (χ0) is 13.7. The Morgan fingerprint density at radius 3 is 2.22 bits per heavy atom. The molecular weight excluding hydrogens is 226 g/mol. The molecule has 0 aliphatic carbocycles. The molecule has 0 radical (unpaired) electrons. The molecule has 0 saturated heterocycles. The summed E-state index contributed by atoms with van der Waals surface area (Å²) < 4.78 is 4.72. The topological polar surface area (TPSA) is 29.5 Å². The number of aryl methyl sites for hydroxylation is 3. The number of ether oxygens (including phenoxy) is 1. The molecule has 0 aliphatic heterocycles. The maximum atomic E-state index is 11.3.